The van der Waals surface area contributed by atoms with Crippen LogP contribution in [0.5, 0.6) is 0 Å². The van der Waals surface area contributed by atoms with Gasteiger partial charge in [0.05, 0.1) is 0 Å². The summed E-state index contributed by atoms with van der Waals surface area (Å²) in [4.78, 5) is 0. The molecule has 14 heavy (non-hydrogen) atoms. The number of hydrogen-bond donors (Lipinski definition) is 2. The molecule has 0 saturated heterocycles. The molecule has 0 aromatic rings. The van der Waals surface area contributed by atoms with Crippen molar-refractivity contribution in [2.45, 2.75) is 31.9 Å². The first kappa shape index (κ1) is 14.0. The molecule has 0 aliphatic heterocycles. The molecule has 0 rings (SSSR count). The molecule has 0 amide bonds. The Morgan fingerprint density at radius 3 is 2.00 bits per heavy atom. The summed E-state index contributed by atoms with van der Waals surface area (Å²) < 4.78 is 15.9. The zero-order valence-corrected chi connectivity index (χ0v) is 10.5. The Labute approximate surface area is 87.2 Å². The van der Waals surface area contributed by atoms with Gasteiger partial charge in [0.25, 0.3) is 0 Å². The van der Waals surface area contributed by atoms with E-state index in [-0.39, 0.29) is 0 Å². The fraction of sp³-hybridized carbons (Fsp3) is 1.00. The molecule has 0 aromatic heterocycles. The Hall–Kier alpha value is 0.0169. The third kappa shape index (κ3) is 4.03. The lowest BCUT2D eigenvalue weighted by Crippen LogP contribution is -2.45. The molecule has 0 aliphatic carbocycles. The molecule has 0 aromatic carbocycles. The van der Waals surface area contributed by atoms with Gasteiger partial charge in [0.15, 0.2) is 0 Å². The van der Waals surface area contributed by atoms with Crippen molar-refractivity contribution in [3.63, 3.8) is 0 Å². The topological polar surface area (TPSA) is 65.7 Å². The average molecular weight is 222 g/mol. The molecule has 6 heteroatoms. The van der Waals surface area contributed by atoms with Gasteiger partial charge in [-0.15, -0.1) is 0 Å². The highest BCUT2D eigenvalue weighted by atomic mass is 28.4. The standard InChI is InChI=1S/C8H22N2O3Si/c1-5-8(10-9)6-7-14(11-2,12-3)13-4/h8,10H,5-7,9H2,1-4H3. The van der Waals surface area contributed by atoms with Crippen molar-refractivity contribution >= 4 is 8.80 Å². The van der Waals surface area contributed by atoms with E-state index in [2.05, 4.69) is 12.3 Å². The minimum absolute atomic E-state index is 0.294. The first-order valence-corrected chi connectivity index (χ1v) is 6.72. The first-order chi connectivity index (χ1) is 6.67. The van der Waals surface area contributed by atoms with Crippen molar-refractivity contribution in [1.82, 2.24) is 5.43 Å². The quantitative estimate of drug-likeness (QED) is 0.355. The van der Waals surface area contributed by atoms with E-state index >= 15 is 0 Å². The van der Waals surface area contributed by atoms with Crippen LogP contribution in [0.1, 0.15) is 19.8 Å². The fourth-order valence-electron chi connectivity index (χ4n) is 1.31. The molecule has 0 radical (unpaired) electrons. The summed E-state index contributed by atoms with van der Waals surface area (Å²) in [7, 11) is 2.45. The highest BCUT2D eigenvalue weighted by Gasteiger charge is 2.37. The average Bonchev–Trinajstić information content (AvgIpc) is 2.26. The molecular formula is C8H22N2O3Si. The maximum atomic E-state index is 5.38. The van der Waals surface area contributed by atoms with Crippen molar-refractivity contribution in [3.8, 4) is 0 Å². The number of hydrazine groups is 1. The van der Waals surface area contributed by atoms with Crippen LogP contribution in [0.4, 0.5) is 0 Å². The Morgan fingerprint density at radius 2 is 1.71 bits per heavy atom. The van der Waals surface area contributed by atoms with Crippen LogP contribution in [0.3, 0.4) is 0 Å². The van der Waals surface area contributed by atoms with E-state index in [9.17, 15) is 0 Å². The number of rotatable bonds is 8. The van der Waals surface area contributed by atoms with Crippen molar-refractivity contribution in [1.29, 1.82) is 0 Å². The van der Waals surface area contributed by atoms with Crippen molar-refractivity contribution in [2.24, 2.45) is 5.84 Å². The van der Waals surface area contributed by atoms with Crippen LogP contribution < -0.4 is 11.3 Å². The summed E-state index contributed by atoms with van der Waals surface area (Å²) >= 11 is 0. The van der Waals surface area contributed by atoms with Crippen molar-refractivity contribution in [2.75, 3.05) is 21.3 Å². The molecule has 1 unspecified atom stereocenters. The molecule has 0 heterocycles. The maximum absolute atomic E-state index is 5.38. The van der Waals surface area contributed by atoms with Gasteiger partial charge in [-0.25, -0.2) is 0 Å². The Kier molecular flexibility index (Phi) is 7.34. The van der Waals surface area contributed by atoms with E-state index in [0.717, 1.165) is 18.9 Å². The molecule has 5 nitrogen and oxygen atoms in total. The highest BCUT2D eigenvalue weighted by molar-refractivity contribution is 6.60. The minimum atomic E-state index is -2.41. The van der Waals surface area contributed by atoms with E-state index in [0.29, 0.717) is 6.04 Å². The Balaban J connectivity index is 4.04. The van der Waals surface area contributed by atoms with Crippen molar-refractivity contribution in [3.05, 3.63) is 0 Å². The molecular weight excluding hydrogens is 200 g/mol. The second-order valence-electron chi connectivity index (χ2n) is 3.11. The zero-order valence-electron chi connectivity index (χ0n) is 9.50. The van der Waals surface area contributed by atoms with E-state index < -0.39 is 8.80 Å². The maximum Gasteiger partial charge on any atom is 0.500 e. The molecule has 0 aliphatic rings. The summed E-state index contributed by atoms with van der Waals surface area (Å²) in [6.45, 7) is 2.08. The summed E-state index contributed by atoms with van der Waals surface area (Å²) in [5.41, 5.74) is 2.75. The zero-order chi connectivity index (χ0) is 11.0. The van der Waals surface area contributed by atoms with Gasteiger partial charge in [-0.1, -0.05) is 6.92 Å². The van der Waals surface area contributed by atoms with E-state index in [4.69, 9.17) is 19.1 Å². The third-order valence-corrected chi connectivity index (χ3v) is 5.23. The smallest absolute Gasteiger partial charge is 0.377 e. The monoisotopic (exact) mass is 222 g/mol. The van der Waals surface area contributed by atoms with Crippen LogP contribution in [-0.2, 0) is 13.3 Å². The van der Waals surface area contributed by atoms with Crippen LogP contribution in [0.15, 0.2) is 0 Å². The van der Waals surface area contributed by atoms with Gasteiger partial charge in [0.2, 0.25) is 0 Å². The lowest BCUT2D eigenvalue weighted by molar-refractivity contribution is 0.121. The van der Waals surface area contributed by atoms with E-state index in [1.165, 1.54) is 0 Å². The van der Waals surface area contributed by atoms with Crippen LogP contribution >= 0.6 is 0 Å². The predicted octanol–water partition coefficient (Wildman–Crippen LogP) is 0.497. The van der Waals surface area contributed by atoms with Gasteiger partial charge in [-0.2, -0.15) is 0 Å². The van der Waals surface area contributed by atoms with Crippen molar-refractivity contribution < 1.29 is 13.3 Å². The molecule has 1 atom stereocenters. The van der Waals surface area contributed by atoms with Crippen LogP contribution in [0.2, 0.25) is 6.04 Å². The first-order valence-electron chi connectivity index (χ1n) is 4.79. The highest BCUT2D eigenvalue weighted by Crippen LogP contribution is 2.16. The third-order valence-electron chi connectivity index (χ3n) is 2.46. The van der Waals surface area contributed by atoms with Crippen LogP contribution in [0.25, 0.3) is 0 Å². The fourth-order valence-corrected chi connectivity index (χ4v) is 3.13. The van der Waals surface area contributed by atoms with Gasteiger partial charge in [-0.3, -0.25) is 11.3 Å². The van der Waals surface area contributed by atoms with Gasteiger partial charge < -0.3 is 13.3 Å². The molecule has 3 N–H and O–H groups in total. The summed E-state index contributed by atoms with van der Waals surface area (Å²) in [5.74, 6) is 5.38. The minimum Gasteiger partial charge on any atom is -0.377 e. The molecule has 0 spiro atoms. The summed E-state index contributed by atoms with van der Waals surface area (Å²) in [6, 6.07) is 1.07. The predicted molar refractivity (Wildman–Crippen MR) is 57.6 cm³/mol. The molecule has 0 saturated carbocycles. The lowest BCUT2D eigenvalue weighted by Gasteiger charge is -2.25. The summed E-state index contributed by atoms with van der Waals surface area (Å²) in [6.07, 6.45) is 1.88. The second kappa shape index (κ2) is 7.33. The Bertz CT molecular complexity index is 132. The van der Waals surface area contributed by atoms with E-state index in [1.54, 1.807) is 21.3 Å². The normalized spacial score (nSPS) is 14.4. The molecule has 0 bridgehead atoms. The lowest BCUT2D eigenvalue weighted by atomic mass is 10.2. The molecule has 86 valence electrons. The number of nitrogens with two attached hydrogens (primary N) is 1. The van der Waals surface area contributed by atoms with Gasteiger partial charge in [-0.05, 0) is 12.8 Å². The molecule has 0 fully saturated rings. The van der Waals surface area contributed by atoms with Gasteiger partial charge >= 0.3 is 8.80 Å². The Morgan fingerprint density at radius 1 is 1.21 bits per heavy atom. The SMILES string of the molecule is CCC(CC[Si](OC)(OC)OC)NN. The largest absolute Gasteiger partial charge is 0.500 e. The van der Waals surface area contributed by atoms with Gasteiger partial charge in [0.1, 0.15) is 0 Å². The number of hydrogen-bond acceptors (Lipinski definition) is 5. The van der Waals surface area contributed by atoms with Gasteiger partial charge in [0, 0.05) is 33.4 Å². The number of nitrogens with one attached hydrogen (secondary N) is 1. The van der Waals surface area contributed by atoms with E-state index in [1.807, 2.05) is 0 Å². The van der Waals surface area contributed by atoms with Crippen LogP contribution in [-0.4, -0.2) is 36.2 Å². The van der Waals surface area contributed by atoms with Crippen LogP contribution in [0, 0.1) is 0 Å². The summed E-state index contributed by atoms with van der Waals surface area (Å²) in [5, 5.41) is 0. The second-order valence-corrected chi connectivity index (χ2v) is 6.20.